The highest BCUT2D eigenvalue weighted by Crippen LogP contribution is 2.33. The van der Waals surface area contributed by atoms with E-state index in [0.717, 1.165) is 9.87 Å². The summed E-state index contributed by atoms with van der Waals surface area (Å²) in [7, 11) is -1.78. The summed E-state index contributed by atoms with van der Waals surface area (Å²) in [4.78, 5) is 7.48. The van der Waals surface area contributed by atoms with Gasteiger partial charge in [0, 0.05) is 30.0 Å². The summed E-state index contributed by atoms with van der Waals surface area (Å²) in [6.45, 7) is -0.204. The van der Waals surface area contributed by atoms with Gasteiger partial charge in [0.1, 0.15) is 40.5 Å². The van der Waals surface area contributed by atoms with Gasteiger partial charge in [0.25, 0.3) is 10.0 Å². The van der Waals surface area contributed by atoms with Gasteiger partial charge in [-0.2, -0.15) is 4.98 Å². The van der Waals surface area contributed by atoms with E-state index in [9.17, 15) is 17.2 Å². The van der Waals surface area contributed by atoms with E-state index in [1.165, 1.54) is 26.5 Å². The third-order valence-corrected chi connectivity index (χ3v) is 7.49. The number of rotatable bonds is 10. The molecule has 0 radical (unpaired) electrons. The van der Waals surface area contributed by atoms with Crippen LogP contribution in [-0.2, 0) is 23.2 Å². The lowest BCUT2D eigenvalue weighted by Crippen LogP contribution is -2.32. The van der Waals surface area contributed by atoms with Gasteiger partial charge in [-0.15, -0.1) is 0 Å². The molecule has 8 nitrogen and oxygen atoms in total. The predicted molar refractivity (Wildman–Crippen MR) is 137 cm³/mol. The first-order chi connectivity index (χ1) is 18.2. The molecule has 0 saturated carbocycles. The Labute approximate surface area is 223 Å². The first-order valence-electron chi connectivity index (χ1n) is 11.1. The number of methoxy groups -OCH3 is 2. The molecular formula is C26H22ClF2N3O5S. The van der Waals surface area contributed by atoms with Crippen molar-refractivity contribution in [3.8, 4) is 17.5 Å². The summed E-state index contributed by atoms with van der Waals surface area (Å²) in [5, 5.41) is -0.554. The molecule has 38 heavy (non-hydrogen) atoms. The average molecular weight is 562 g/mol. The van der Waals surface area contributed by atoms with Crippen LogP contribution in [-0.4, -0.2) is 32.6 Å². The summed E-state index contributed by atoms with van der Waals surface area (Å²) < 4.78 is 73.2. The molecule has 0 bridgehead atoms. The number of anilines is 1. The molecule has 0 fully saturated rings. The van der Waals surface area contributed by atoms with Gasteiger partial charge in [-0.05, 0) is 23.8 Å². The fraction of sp³-hybridized carbons (Fsp3) is 0.154. The van der Waals surface area contributed by atoms with E-state index in [2.05, 4.69) is 9.97 Å². The van der Waals surface area contributed by atoms with E-state index >= 15 is 0 Å². The summed E-state index contributed by atoms with van der Waals surface area (Å²) in [6.07, 6.45) is 1.31. The summed E-state index contributed by atoms with van der Waals surface area (Å²) in [5.74, 6) is -1.73. The van der Waals surface area contributed by atoms with Crippen molar-refractivity contribution in [3.63, 3.8) is 0 Å². The average Bonchev–Trinajstić information content (AvgIpc) is 2.93. The number of aromatic nitrogens is 2. The van der Waals surface area contributed by atoms with Gasteiger partial charge in [-0.1, -0.05) is 41.9 Å². The Morgan fingerprint density at radius 2 is 1.71 bits per heavy atom. The molecule has 1 heterocycles. The first-order valence-corrected chi connectivity index (χ1v) is 12.9. The van der Waals surface area contributed by atoms with Crippen molar-refractivity contribution >= 4 is 27.4 Å². The molecule has 0 N–H and O–H groups in total. The van der Waals surface area contributed by atoms with Gasteiger partial charge in [0.15, 0.2) is 0 Å². The van der Waals surface area contributed by atoms with Crippen LogP contribution in [0, 0.1) is 11.6 Å². The number of hydrogen-bond donors (Lipinski definition) is 0. The van der Waals surface area contributed by atoms with Crippen molar-refractivity contribution in [3.05, 3.63) is 101 Å². The lowest BCUT2D eigenvalue weighted by molar-refractivity contribution is 0.281. The highest BCUT2D eigenvalue weighted by atomic mass is 35.5. The zero-order valence-electron chi connectivity index (χ0n) is 20.3. The molecule has 0 atom stereocenters. The fourth-order valence-electron chi connectivity index (χ4n) is 3.51. The highest BCUT2D eigenvalue weighted by Gasteiger charge is 2.31. The van der Waals surface area contributed by atoms with Crippen LogP contribution in [0.1, 0.15) is 11.1 Å². The second kappa shape index (κ2) is 11.6. The normalized spacial score (nSPS) is 11.2. The predicted octanol–water partition coefficient (Wildman–Crippen LogP) is 5.40. The molecule has 0 saturated heterocycles. The minimum absolute atomic E-state index is 0.106. The topological polar surface area (TPSA) is 90.9 Å². The lowest BCUT2D eigenvalue weighted by atomic mass is 10.2. The maximum atomic E-state index is 14.8. The third-order valence-electron chi connectivity index (χ3n) is 5.44. The molecule has 4 aromatic rings. The molecule has 0 aliphatic rings. The smallest absolute Gasteiger partial charge is 0.318 e. The van der Waals surface area contributed by atoms with Crippen molar-refractivity contribution in [2.24, 2.45) is 0 Å². The Hall–Kier alpha value is -3.96. The van der Waals surface area contributed by atoms with Crippen LogP contribution in [0.4, 0.5) is 14.6 Å². The van der Waals surface area contributed by atoms with Crippen LogP contribution in [0.3, 0.4) is 0 Å². The van der Waals surface area contributed by atoms with Gasteiger partial charge in [-0.25, -0.2) is 26.5 Å². The van der Waals surface area contributed by atoms with Gasteiger partial charge in [0.05, 0.1) is 25.8 Å². The minimum atomic E-state index is -4.67. The molecule has 1 aromatic heterocycles. The van der Waals surface area contributed by atoms with E-state index in [1.807, 2.05) is 30.3 Å². The van der Waals surface area contributed by atoms with Gasteiger partial charge in [-0.3, -0.25) is 0 Å². The monoisotopic (exact) mass is 561 g/mol. The first kappa shape index (κ1) is 27.1. The zero-order valence-corrected chi connectivity index (χ0v) is 21.8. The van der Waals surface area contributed by atoms with Crippen molar-refractivity contribution in [2.75, 3.05) is 18.5 Å². The van der Waals surface area contributed by atoms with Crippen molar-refractivity contribution in [1.82, 2.24) is 9.97 Å². The van der Waals surface area contributed by atoms with E-state index in [4.69, 9.17) is 25.8 Å². The number of ether oxygens (including phenoxy) is 3. The molecular weight excluding hydrogens is 540 g/mol. The highest BCUT2D eigenvalue weighted by molar-refractivity contribution is 7.92. The summed E-state index contributed by atoms with van der Waals surface area (Å²) >= 11 is 5.80. The molecule has 0 unspecified atom stereocenters. The van der Waals surface area contributed by atoms with Crippen molar-refractivity contribution in [1.29, 1.82) is 0 Å². The molecule has 4 rings (SSSR count). The molecule has 0 aliphatic carbocycles. The van der Waals surface area contributed by atoms with Crippen molar-refractivity contribution in [2.45, 2.75) is 18.0 Å². The maximum Gasteiger partial charge on any atom is 0.318 e. The lowest BCUT2D eigenvalue weighted by Gasteiger charge is -2.25. The SMILES string of the molecule is COc1ccc(CN(c2ccnc(OCc3ccccc3)n2)S(=O)(=O)c2cc(Cl)c(F)cc2F)c(OC)c1. The van der Waals surface area contributed by atoms with Crippen LogP contribution in [0.2, 0.25) is 5.02 Å². The quantitative estimate of drug-likeness (QED) is 0.239. The molecule has 3 aromatic carbocycles. The van der Waals surface area contributed by atoms with Gasteiger partial charge < -0.3 is 14.2 Å². The molecule has 12 heteroatoms. The van der Waals surface area contributed by atoms with Gasteiger partial charge in [0.2, 0.25) is 0 Å². The second-order valence-corrected chi connectivity index (χ2v) is 10.1. The third kappa shape index (κ3) is 5.95. The Bertz CT molecular complexity index is 1540. The van der Waals surface area contributed by atoms with Crippen molar-refractivity contribution < 1.29 is 31.4 Å². The molecule has 198 valence electrons. The summed E-state index contributed by atoms with van der Waals surface area (Å²) in [5.41, 5.74) is 1.26. The Balaban J connectivity index is 1.78. The largest absolute Gasteiger partial charge is 0.497 e. The fourth-order valence-corrected chi connectivity index (χ4v) is 5.20. The Kier molecular flexibility index (Phi) is 8.28. The van der Waals surface area contributed by atoms with Crippen LogP contribution >= 0.6 is 11.6 Å². The standard InChI is InChI=1S/C26H22ClF2N3O5S/c1-35-19-9-8-18(23(12-19)36-2)15-32(38(33,34)24-13-20(27)21(28)14-22(24)29)25-10-11-30-26(31-25)37-16-17-6-4-3-5-7-17/h3-14H,15-16H2,1-2H3. The number of benzene rings is 3. The van der Waals surface area contributed by atoms with Crippen LogP contribution in [0.5, 0.6) is 17.5 Å². The Morgan fingerprint density at radius 3 is 2.42 bits per heavy atom. The maximum absolute atomic E-state index is 14.8. The molecule has 0 aliphatic heterocycles. The van der Waals surface area contributed by atoms with E-state index in [1.54, 1.807) is 18.2 Å². The van der Waals surface area contributed by atoms with E-state index < -0.39 is 31.6 Å². The number of halogens is 3. The number of sulfonamides is 1. The number of hydrogen-bond acceptors (Lipinski definition) is 7. The van der Waals surface area contributed by atoms with Crippen LogP contribution in [0.15, 0.2) is 77.8 Å². The Morgan fingerprint density at radius 1 is 0.947 bits per heavy atom. The van der Waals surface area contributed by atoms with Gasteiger partial charge >= 0.3 is 6.01 Å². The summed E-state index contributed by atoms with van der Waals surface area (Å²) in [6, 6.07) is 16.4. The van der Waals surface area contributed by atoms with E-state index in [-0.39, 0.29) is 25.0 Å². The minimum Gasteiger partial charge on any atom is -0.497 e. The van der Waals surface area contributed by atoms with Crippen LogP contribution in [0.25, 0.3) is 0 Å². The second-order valence-electron chi connectivity index (χ2n) is 7.86. The molecule has 0 amide bonds. The zero-order chi connectivity index (χ0) is 27.3. The molecule has 0 spiro atoms. The van der Waals surface area contributed by atoms with E-state index in [0.29, 0.717) is 29.2 Å². The van der Waals surface area contributed by atoms with Crippen LogP contribution < -0.4 is 18.5 Å². The number of nitrogens with zero attached hydrogens (tertiary/aromatic N) is 3.